The minimum absolute atomic E-state index is 0.875. The van der Waals surface area contributed by atoms with Crippen molar-refractivity contribution in [1.29, 1.82) is 0 Å². The number of alkyl halides is 1. The van der Waals surface area contributed by atoms with Gasteiger partial charge in [0.15, 0.2) is 0 Å². The van der Waals surface area contributed by atoms with Crippen LogP contribution in [0.25, 0.3) is 99.2 Å². The molecule has 3 heteroatoms. The van der Waals surface area contributed by atoms with Gasteiger partial charge in [-0.15, -0.1) is 0 Å². The minimum Gasteiger partial charge on any atom is -0.456 e. The maximum absolute atomic E-state index is 6.61. The summed E-state index contributed by atoms with van der Waals surface area (Å²) in [6, 6.07) is 52.5. The Kier molecular flexibility index (Phi) is 6.47. The van der Waals surface area contributed by atoms with Gasteiger partial charge < -0.3 is 8.83 Å². The van der Waals surface area contributed by atoms with E-state index >= 15 is 0 Å². The molecule has 2 heterocycles. The molecule has 0 saturated carbocycles. The molecule has 0 aliphatic carbocycles. The van der Waals surface area contributed by atoms with Crippen LogP contribution in [0.1, 0.15) is 11.1 Å². The Hall–Kier alpha value is -5.39. The molecule has 0 spiro atoms. The Bertz CT molecular complexity index is 2800. The Labute approximate surface area is 297 Å². The molecule has 232 valence electrons. The molecule has 49 heavy (non-hydrogen) atoms. The SMILES string of the molecule is Cc1ccc(-c2cc(-c3cc4ccccc4o3)c3ccc4c(-c5ccccc5CI)cc(-c5cc6ccccc6o5)c5ccc2c3c54)cc1. The maximum atomic E-state index is 6.61. The van der Waals surface area contributed by atoms with E-state index in [1.54, 1.807) is 0 Å². The van der Waals surface area contributed by atoms with E-state index in [1.165, 1.54) is 65.7 Å². The number of hydrogen-bond acceptors (Lipinski definition) is 2. The first-order valence-corrected chi connectivity index (χ1v) is 18.1. The third kappa shape index (κ3) is 4.45. The highest BCUT2D eigenvalue weighted by Crippen LogP contribution is 2.49. The van der Waals surface area contributed by atoms with Crippen LogP contribution in [0.2, 0.25) is 0 Å². The van der Waals surface area contributed by atoms with E-state index in [1.807, 2.05) is 18.2 Å². The molecule has 0 aliphatic heterocycles. The van der Waals surface area contributed by atoms with Crippen LogP contribution in [0.5, 0.6) is 0 Å². The van der Waals surface area contributed by atoms with E-state index in [0.717, 1.165) is 49.0 Å². The number of fused-ring (bicyclic) bond motifs is 2. The van der Waals surface area contributed by atoms with Gasteiger partial charge in [0.1, 0.15) is 22.7 Å². The summed E-state index contributed by atoms with van der Waals surface area (Å²) in [4.78, 5) is 0. The molecule has 2 nitrogen and oxygen atoms in total. The van der Waals surface area contributed by atoms with Crippen molar-refractivity contribution < 1.29 is 8.83 Å². The predicted molar refractivity (Wildman–Crippen MR) is 214 cm³/mol. The normalized spacial score (nSPS) is 12.0. The van der Waals surface area contributed by atoms with Gasteiger partial charge in [0.2, 0.25) is 0 Å². The standard InChI is InChI=1S/C46H29IO2/c1-27-14-16-28(17-15-27)37-24-39(43-22-29-8-3-6-12-41(29)48-43)35-21-19-34-38(32-11-5-2-10-31(32)26-47)25-40(36-20-18-33(37)45(35)46(34)36)44-23-30-9-4-7-13-42(30)49-44/h2-25H,26H2,1H3. The van der Waals surface area contributed by atoms with Crippen molar-refractivity contribution in [2.24, 2.45) is 0 Å². The van der Waals surface area contributed by atoms with Crippen molar-refractivity contribution in [1.82, 2.24) is 0 Å². The van der Waals surface area contributed by atoms with Crippen LogP contribution in [0.15, 0.2) is 154 Å². The van der Waals surface area contributed by atoms with E-state index in [9.17, 15) is 0 Å². The summed E-state index contributed by atoms with van der Waals surface area (Å²) in [6.45, 7) is 2.14. The second kappa shape index (κ2) is 11.1. The lowest BCUT2D eigenvalue weighted by Crippen LogP contribution is -1.95. The van der Waals surface area contributed by atoms with Gasteiger partial charge in [-0.2, -0.15) is 0 Å². The number of aryl methyl sites for hydroxylation is 1. The van der Waals surface area contributed by atoms with Crippen LogP contribution in [-0.4, -0.2) is 0 Å². The second-order valence-electron chi connectivity index (χ2n) is 13.0. The largest absolute Gasteiger partial charge is 0.456 e. The lowest BCUT2D eigenvalue weighted by atomic mass is 9.82. The van der Waals surface area contributed by atoms with Gasteiger partial charge >= 0.3 is 0 Å². The summed E-state index contributed by atoms with van der Waals surface area (Å²) in [5, 5.41) is 9.52. The molecule has 0 amide bonds. The number of rotatable bonds is 5. The lowest BCUT2D eigenvalue weighted by molar-refractivity contribution is 0.632. The van der Waals surface area contributed by atoms with Gasteiger partial charge in [-0.1, -0.05) is 137 Å². The Morgan fingerprint density at radius 2 is 0.939 bits per heavy atom. The fourth-order valence-electron chi connectivity index (χ4n) is 7.72. The summed E-state index contributed by atoms with van der Waals surface area (Å²) in [5.74, 6) is 1.75. The molecule has 10 rings (SSSR count). The third-order valence-corrected chi connectivity index (χ3v) is 10.9. The van der Waals surface area contributed by atoms with Gasteiger partial charge in [-0.3, -0.25) is 0 Å². The smallest absolute Gasteiger partial charge is 0.136 e. The fourth-order valence-corrected chi connectivity index (χ4v) is 8.39. The Morgan fingerprint density at radius 3 is 1.51 bits per heavy atom. The maximum Gasteiger partial charge on any atom is 0.136 e. The molecule has 0 N–H and O–H groups in total. The molecule has 2 aromatic heterocycles. The first kappa shape index (κ1) is 28.6. The summed E-state index contributed by atoms with van der Waals surface area (Å²) < 4.78 is 14.1. The van der Waals surface area contributed by atoms with E-state index < -0.39 is 0 Å². The Morgan fingerprint density at radius 1 is 0.449 bits per heavy atom. The second-order valence-corrected chi connectivity index (χ2v) is 13.7. The number of halogens is 1. The van der Waals surface area contributed by atoms with Crippen molar-refractivity contribution in [2.45, 2.75) is 11.4 Å². The number of hydrogen-bond donors (Lipinski definition) is 0. The summed E-state index contributed by atoms with van der Waals surface area (Å²) >= 11 is 2.49. The van der Waals surface area contributed by atoms with Crippen LogP contribution in [0, 0.1) is 6.92 Å². The molecule has 8 aromatic carbocycles. The van der Waals surface area contributed by atoms with E-state index in [4.69, 9.17) is 8.83 Å². The molecule has 0 unspecified atom stereocenters. The van der Waals surface area contributed by atoms with Crippen LogP contribution >= 0.6 is 22.6 Å². The number of para-hydroxylation sites is 2. The zero-order valence-corrected chi connectivity index (χ0v) is 28.9. The third-order valence-electron chi connectivity index (χ3n) is 10.1. The zero-order valence-electron chi connectivity index (χ0n) is 26.8. The molecule has 0 radical (unpaired) electrons. The van der Waals surface area contributed by atoms with E-state index in [-0.39, 0.29) is 0 Å². The lowest BCUT2D eigenvalue weighted by Gasteiger charge is -2.21. The van der Waals surface area contributed by atoms with Crippen LogP contribution in [-0.2, 0) is 4.43 Å². The molecule has 0 atom stereocenters. The molecule has 0 aliphatic rings. The fraction of sp³-hybridized carbons (Fsp3) is 0.0435. The van der Waals surface area contributed by atoms with Gasteiger partial charge in [-0.25, -0.2) is 0 Å². The van der Waals surface area contributed by atoms with Crippen molar-refractivity contribution in [3.63, 3.8) is 0 Å². The zero-order chi connectivity index (χ0) is 32.6. The molecule has 0 fully saturated rings. The van der Waals surface area contributed by atoms with Crippen LogP contribution in [0.3, 0.4) is 0 Å². The van der Waals surface area contributed by atoms with Gasteiger partial charge in [0.05, 0.1) is 0 Å². The summed E-state index contributed by atoms with van der Waals surface area (Å²) in [6.07, 6.45) is 0. The first-order valence-electron chi connectivity index (χ1n) is 16.6. The molecular weight excluding hydrogens is 711 g/mol. The summed E-state index contributed by atoms with van der Waals surface area (Å²) in [7, 11) is 0. The van der Waals surface area contributed by atoms with Gasteiger partial charge in [0, 0.05) is 26.3 Å². The van der Waals surface area contributed by atoms with Crippen molar-refractivity contribution in [2.75, 3.05) is 0 Å². The average molecular weight is 741 g/mol. The first-order chi connectivity index (χ1) is 24.1. The molecular formula is C46H29IO2. The predicted octanol–water partition coefficient (Wildman–Crippen LogP) is 14.0. The average Bonchev–Trinajstić information content (AvgIpc) is 3.78. The molecule has 0 saturated heterocycles. The highest BCUT2D eigenvalue weighted by Gasteiger charge is 2.23. The minimum atomic E-state index is 0.875. The Balaban J connectivity index is 1.39. The number of benzene rings is 8. The van der Waals surface area contributed by atoms with E-state index in [0.29, 0.717) is 0 Å². The van der Waals surface area contributed by atoms with Crippen molar-refractivity contribution >= 4 is 76.8 Å². The quantitative estimate of drug-likeness (QED) is 0.0998. The number of furan rings is 2. The topological polar surface area (TPSA) is 26.3 Å². The van der Waals surface area contributed by atoms with Gasteiger partial charge in [-0.05, 0) is 103 Å². The monoisotopic (exact) mass is 740 g/mol. The molecule has 0 bridgehead atoms. The van der Waals surface area contributed by atoms with Crippen LogP contribution < -0.4 is 0 Å². The van der Waals surface area contributed by atoms with Crippen LogP contribution in [0.4, 0.5) is 0 Å². The highest BCUT2D eigenvalue weighted by molar-refractivity contribution is 14.1. The molecule has 10 aromatic rings. The van der Waals surface area contributed by atoms with Gasteiger partial charge in [0.25, 0.3) is 0 Å². The van der Waals surface area contributed by atoms with Crippen molar-refractivity contribution in [3.8, 4) is 44.9 Å². The summed E-state index contributed by atoms with van der Waals surface area (Å²) in [5.41, 5.74) is 11.4. The van der Waals surface area contributed by atoms with Crippen molar-refractivity contribution in [3.05, 3.63) is 157 Å². The van der Waals surface area contributed by atoms with E-state index in [2.05, 4.69) is 157 Å². The highest BCUT2D eigenvalue weighted by atomic mass is 127.